The Bertz CT molecular complexity index is 825. The molecule has 0 bridgehead atoms. The van der Waals surface area contributed by atoms with Crippen molar-refractivity contribution in [2.75, 3.05) is 11.9 Å². The van der Waals surface area contributed by atoms with Crippen molar-refractivity contribution >= 4 is 51.1 Å². The maximum Gasteiger partial charge on any atom is 0.262 e. The SMILES string of the molecule is O=C(CN1C(=O)c2ccc(Br)cc2C1=O)Nc1ccc(Cl)nn1. The quantitative estimate of drug-likeness (QED) is 0.804. The van der Waals surface area contributed by atoms with E-state index in [0.29, 0.717) is 4.47 Å². The molecule has 0 saturated heterocycles. The van der Waals surface area contributed by atoms with Crippen molar-refractivity contribution in [2.45, 2.75) is 0 Å². The molecule has 0 aliphatic carbocycles. The van der Waals surface area contributed by atoms with Crippen molar-refractivity contribution in [3.63, 3.8) is 0 Å². The van der Waals surface area contributed by atoms with Gasteiger partial charge in [0.1, 0.15) is 6.54 Å². The van der Waals surface area contributed by atoms with E-state index in [0.717, 1.165) is 4.90 Å². The molecule has 2 heterocycles. The third kappa shape index (κ3) is 3.08. The molecule has 1 aromatic heterocycles. The van der Waals surface area contributed by atoms with Crippen molar-refractivity contribution in [1.29, 1.82) is 0 Å². The van der Waals surface area contributed by atoms with Gasteiger partial charge in [-0.3, -0.25) is 19.3 Å². The summed E-state index contributed by atoms with van der Waals surface area (Å²) in [7, 11) is 0. The number of rotatable bonds is 3. The summed E-state index contributed by atoms with van der Waals surface area (Å²) in [5.41, 5.74) is 0.542. The van der Waals surface area contributed by atoms with E-state index in [1.807, 2.05) is 0 Å². The molecule has 0 atom stereocenters. The second kappa shape index (κ2) is 6.05. The van der Waals surface area contributed by atoms with Gasteiger partial charge in [0.25, 0.3) is 11.8 Å². The van der Waals surface area contributed by atoms with Crippen molar-refractivity contribution in [2.24, 2.45) is 0 Å². The van der Waals surface area contributed by atoms with E-state index >= 15 is 0 Å². The average molecular weight is 396 g/mol. The lowest BCUT2D eigenvalue weighted by molar-refractivity contribution is -0.116. The average Bonchev–Trinajstić information content (AvgIpc) is 2.74. The Kier molecular flexibility index (Phi) is 4.10. The fraction of sp³-hybridized carbons (Fsp3) is 0.0714. The predicted octanol–water partition coefficient (Wildman–Crippen LogP) is 2.13. The first-order valence-corrected chi connectivity index (χ1v) is 7.57. The molecule has 0 radical (unpaired) electrons. The van der Waals surface area contributed by atoms with Gasteiger partial charge in [0.15, 0.2) is 11.0 Å². The lowest BCUT2D eigenvalue weighted by atomic mass is 10.1. The van der Waals surface area contributed by atoms with Gasteiger partial charge in [0.05, 0.1) is 11.1 Å². The van der Waals surface area contributed by atoms with E-state index < -0.39 is 24.3 Å². The molecule has 7 nitrogen and oxygen atoms in total. The van der Waals surface area contributed by atoms with Gasteiger partial charge < -0.3 is 5.32 Å². The molecule has 2 aromatic rings. The van der Waals surface area contributed by atoms with Crippen LogP contribution < -0.4 is 5.32 Å². The van der Waals surface area contributed by atoms with Crippen molar-refractivity contribution < 1.29 is 14.4 Å². The standard InChI is InChI=1S/C14H8BrClN4O3/c15-7-1-2-8-9(5-7)14(23)20(13(8)22)6-12(21)17-11-4-3-10(16)18-19-11/h1-5H,6H2,(H,17,19,21). The lowest BCUT2D eigenvalue weighted by Gasteiger charge is -2.13. The maximum atomic E-state index is 12.3. The fourth-order valence-corrected chi connectivity index (χ4v) is 2.58. The third-order valence-electron chi connectivity index (χ3n) is 3.13. The summed E-state index contributed by atoms with van der Waals surface area (Å²) in [5, 5.41) is 9.90. The molecule has 0 spiro atoms. The minimum atomic E-state index is -0.560. The largest absolute Gasteiger partial charge is 0.308 e. The number of imide groups is 1. The van der Waals surface area contributed by atoms with Gasteiger partial charge in [-0.1, -0.05) is 27.5 Å². The minimum Gasteiger partial charge on any atom is -0.308 e. The number of anilines is 1. The molecule has 0 saturated carbocycles. The summed E-state index contributed by atoms with van der Waals surface area (Å²) in [6.45, 7) is -0.408. The van der Waals surface area contributed by atoms with Crippen molar-refractivity contribution in [3.05, 3.63) is 51.1 Å². The summed E-state index contributed by atoms with van der Waals surface area (Å²) in [6.07, 6.45) is 0. The zero-order valence-electron chi connectivity index (χ0n) is 11.4. The van der Waals surface area contributed by atoms with Gasteiger partial charge >= 0.3 is 0 Å². The molecule has 0 unspecified atom stereocenters. The normalized spacial score (nSPS) is 13.2. The number of nitrogens with zero attached hydrogens (tertiary/aromatic N) is 3. The highest BCUT2D eigenvalue weighted by Gasteiger charge is 2.36. The number of fused-ring (bicyclic) bond motifs is 1. The summed E-state index contributed by atoms with van der Waals surface area (Å²) < 4.78 is 0.681. The zero-order chi connectivity index (χ0) is 16.6. The molecule has 0 fully saturated rings. The predicted molar refractivity (Wildman–Crippen MR) is 85.2 cm³/mol. The van der Waals surface area contributed by atoms with Crippen LogP contribution in [-0.2, 0) is 4.79 Å². The zero-order valence-corrected chi connectivity index (χ0v) is 13.8. The van der Waals surface area contributed by atoms with Crippen LogP contribution in [0.5, 0.6) is 0 Å². The van der Waals surface area contributed by atoms with Crippen LogP contribution in [0.15, 0.2) is 34.8 Å². The molecule has 3 rings (SSSR count). The number of nitrogens with one attached hydrogen (secondary N) is 1. The fourth-order valence-electron chi connectivity index (χ4n) is 2.12. The number of benzene rings is 1. The van der Waals surface area contributed by atoms with E-state index in [1.165, 1.54) is 12.1 Å². The molecule has 3 amide bonds. The van der Waals surface area contributed by atoms with Gasteiger partial charge in [-0.15, -0.1) is 10.2 Å². The molecular weight excluding hydrogens is 388 g/mol. The van der Waals surface area contributed by atoms with Gasteiger partial charge in [0.2, 0.25) is 5.91 Å². The van der Waals surface area contributed by atoms with Gasteiger partial charge in [-0.2, -0.15) is 0 Å². The number of halogens is 2. The second-order valence-corrected chi connectivity index (χ2v) is 5.98. The van der Waals surface area contributed by atoms with Crippen molar-refractivity contribution in [1.82, 2.24) is 15.1 Å². The molecular formula is C14H8BrClN4O3. The van der Waals surface area contributed by atoms with Gasteiger partial charge in [-0.05, 0) is 30.3 Å². The number of carbonyl (C=O) groups is 3. The highest BCUT2D eigenvalue weighted by atomic mass is 79.9. The minimum absolute atomic E-state index is 0.179. The highest BCUT2D eigenvalue weighted by molar-refractivity contribution is 9.10. The first-order valence-electron chi connectivity index (χ1n) is 6.40. The molecule has 23 heavy (non-hydrogen) atoms. The van der Waals surface area contributed by atoms with E-state index in [1.54, 1.807) is 18.2 Å². The van der Waals surface area contributed by atoms with Crippen LogP contribution in [0.2, 0.25) is 5.15 Å². The number of aromatic nitrogens is 2. The first kappa shape index (κ1) is 15.6. The number of carbonyl (C=O) groups excluding carboxylic acids is 3. The Morgan fingerprint density at radius 2 is 1.87 bits per heavy atom. The second-order valence-electron chi connectivity index (χ2n) is 4.68. The third-order valence-corrected chi connectivity index (χ3v) is 3.83. The monoisotopic (exact) mass is 394 g/mol. The van der Waals surface area contributed by atoms with Crippen LogP contribution in [-0.4, -0.2) is 39.4 Å². The molecule has 1 aliphatic heterocycles. The van der Waals surface area contributed by atoms with Gasteiger partial charge in [0, 0.05) is 4.47 Å². The van der Waals surface area contributed by atoms with E-state index in [2.05, 4.69) is 31.4 Å². The van der Waals surface area contributed by atoms with Crippen LogP contribution in [0.25, 0.3) is 0 Å². The number of hydrogen-bond donors (Lipinski definition) is 1. The topological polar surface area (TPSA) is 92.3 Å². The molecule has 1 aliphatic rings. The number of hydrogen-bond acceptors (Lipinski definition) is 5. The van der Waals surface area contributed by atoms with Crippen molar-refractivity contribution in [3.8, 4) is 0 Å². The van der Waals surface area contributed by atoms with E-state index in [-0.39, 0.29) is 22.1 Å². The summed E-state index contributed by atoms with van der Waals surface area (Å²) >= 11 is 8.85. The number of amides is 3. The van der Waals surface area contributed by atoms with Crippen LogP contribution in [0.4, 0.5) is 5.82 Å². The lowest BCUT2D eigenvalue weighted by Crippen LogP contribution is -2.37. The molecule has 1 N–H and O–H groups in total. The maximum absolute atomic E-state index is 12.3. The highest BCUT2D eigenvalue weighted by Crippen LogP contribution is 2.25. The van der Waals surface area contributed by atoms with Crippen LogP contribution in [0.1, 0.15) is 20.7 Å². The molecule has 1 aromatic carbocycles. The molecule has 116 valence electrons. The summed E-state index contributed by atoms with van der Waals surface area (Å²) in [4.78, 5) is 37.3. The Morgan fingerprint density at radius 3 is 2.57 bits per heavy atom. The Balaban J connectivity index is 1.73. The first-order chi connectivity index (χ1) is 11.0. The van der Waals surface area contributed by atoms with Gasteiger partial charge in [-0.25, -0.2) is 0 Å². The summed E-state index contributed by atoms with van der Waals surface area (Å²) in [5.74, 6) is -1.40. The van der Waals surface area contributed by atoms with E-state index in [9.17, 15) is 14.4 Å². The smallest absolute Gasteiger partial charge is 0.262 e. The Hall–Kier alpha value is -2.32. The van der Waals surface area contributed by atoms with E-state index in [4.69, 9.17) is 11.6 Å². The van der Waals surface area contributed by atoms with Crippen LogP contribution in [0, 0.1) is 0 Å². The Labute approximate surface area is 143 Å². The molecule has 9 heteroatoms. The van der Waals surface area contributed by atoms with Crippen LogP contribution in [0.3, 0.4) is 0 Å². The Morgan fingerprint density at radius 1 is 1.13 bits per heavy atom. The summed E-state index contributed by atoms with van der Waals surface area (Å²) in [6, 6.07) is 7.69. The van der Waals surface area contributed by atoms with Crippen LogP contribution >= 0.6 is 27.5 Å².